The van der Waals surface area contributed by atoms with E-state index in [-0.39, 0.29) is 5.54 Å². The number of ether oxygens (including phenoxy) is 1. The van der Waals surface area contributed by atoms with Crippen LogP contribution in [0.25, 0.3) is 0 Å². The molecule has 0 spiro atoms. The molecule has 1 aliphatic heterocycles. The van der Waals surface area contributed by atoms with Crippen LogP contribution in [0.4, 0.5) is 0 Å². The molecule has 1 aromatic rings. The van der Waals surface area contributed by atoms with Gasteiger partial charge in [0.05, 0.1) is 12.6 Å². The molecule has 1 atom stereocenters. The van der Waals surface area contributed by atoms with Crippen molar-refractivity contribution in [3.05, 3.63) is 28.3 Å². The van der Waals surface area contributed by atoms with Crippen molar-refractivity contribution in [3.8, 4) is 5.75 Å². The molecule has 0 amide bonds. The van der Waals surface area contributed by atoms with Crippen molar-refractivity contribution in [2.45, 2.75) is 19.4 Å². The number of hydrogen-bond donors (Lipinski definition) is 1. The SMILES string of the molecule is COc1c(C)cc(Cl)cc1C1(C)CN1. The van der Waals surface area contributed by atoms with Crippen LogP contribution in [0.5, 0.6) is 5.75 Å². The molecule has 1 fully saturated rings. The summed E-state index contributed by atoms with van der Waals surface area (Å²) in [5, 5.41) is 4.09. The highest BCUT2D eigenvalue weighted by molar-refractivity contribution is 6.30. The second-order valence-corrected chi connectivity index (χ2v) is 4.43. The number of hydrogen-bond acceptors (Lipinski definition) is 2. The monoisotopic (exact) mass is 211 g/mol. The van der Waals surface area contributed by atoms with E-state index in [4.69, 9.17) is 16.3 Å². The second kappa shape index (κ2) is 3.14. The quantitative estimate of drug-likeness (QED) is 0.763. The zero-order valence-electron chi connectivity index (χ0n) is 8.65. The molecule has 76 valence electrons. The van der Waals surface area contributed by atoms with E-state index in [1.54, 1.807) is 7.11 Å². The van der Waals surface area contributed by atoms with Gasteiger partial charge in [-0.15, -0.1) is 0 Å². The van der Waals surface area contributed by atoms with Gasteiger partial charge in [-0.1, -0.05) is 11.6 Å². The van der Waals surface area contributed by atoms with Gasteiger partial charge in [0, 0.05) is 17.1 Å². The fourth-order valence-electron chi connectivity index (χ4n) is 1.73. The molecule has 1 heterocycles. The van der Waals surface area contributed by atoms with Gasteiger partial charge in [-0.25, -0.2) is 0 Å². The van der Waals surface area contributed by atoms with Crippen molar-refractivity contribution in [3.63, 3.8) is 0 Å². The van der Waals surface area contributed by atoms with Crippen molar-refractivity contribution < 1.29 is 4.74 Å². The third kappa shape index (κ3) is 1.49. The number of benzene rings is 1. The molecule has 0 bridgehead atoms. The molecule has 14 heavy (non-hydrogen) atoms. The van der Waals surface area contributed by atoms with Gasteiger partial charge in [-0.05, 0) is 31.5 Å². The molecule has 1 saturated heterocycles. The zero-order chi connectivity index (χ0) is 10.3. The molecule has 0 aromatic heterocycles. The lowest BCUT2D eigenvalue weighted by Gasteiger charge is -2.15. The van der Waals surface area contributed by atoms with Crippen molar-refractivity contribution in [1.82, 2.24) is 5.32 Å². The van der Waals surface area contributed by atoms with Gasteiger partial charge in [0.15, 0.2) is 0 Å². The van der Waals surface area contributed by atoms with E-state index in [2.05, 4.69) is 12.2 Å². The van der Waals surface area contributed by atoms with E-state index >= 15 is 0 Å². The maximum atomic E-state index is 6.03. The Morgan fingerprint density at radius 3 is 2.64 bits per heavy atom. The summed E-state index contributed by atoms with van der Waals surface area (Å²) in [4.78, 5) is 0. The Morgan fingerprint density at radius 2 is 2.14 bits per heavy atom. The molecule has 1 unspecified atom stereocenters. The number of aryl methyl sites for hydroxylation is 1. The Hall–Kier alpha value is -0.730. The average molecular weight is 212 g/mol. The predicted octanol–water partition coefficient (Wildman–Crippen LogP) is 2.48. The number of halogens is 1. The second-order valence-electron chi connectivity index (χ2n) is 3.99. The number of nitrogens with one attached hydrogen (secondary N) is 1. The lowest BCUT2D eigenvalue weighted by Crippen LogP contribution is -2.09. The molecule has 1 N–H and O–H groups in total. The van der Waals surface area contributed by atoms with Crippen LogP contribution >= 0.6 is 11.6 Å². The third-order valence-electron chi connectivity index (χ3n) is 2.75. The Bertz CT molecular complexity index is 372. The van der Waals surface area contributed by atoms with Crippen molar-refractivity contribution in [2.75, 3.05) is 13.7 Å². The molecule has 1 aromatic carbocycles. The first-order chi connectivity index (χ1) is 6.57. The Balaban J connectivity index is 2.56. The predicted molar refractivity (Wildman–Crippen MR) is 58.1 cm³/mol. The Labute approximate surface area is 89.2 Å². The molecular weight excluding hydrogens is 198 g/mol. The molecule has 3 heteroatoms. The van der Waals surface area contributed by atoms with E-state index in [1.165, 1.54) is 0 Å². The Morgan fingerprint density at radius 1 is 1.50 bits per heavy atom. The van der Waals surface area contributed by atoms with Crippen LogP contribution in [0.2, 0.25) is 5.02 Å². The minimum absolute atomic E-state index is 0.0566. The molecule has 1 aliphatic rings. The molecule has 0 saturated carbocycles. The highest BCUT2D eigenvalue weighted by Gasteiger charge is 2.41. The lowest BCUT2D eigenvalue weighted by atomic mass is 9.98. The van der Waals surface area contributed by atoms with Gasteiger partial charge in [-0.2, -0.15) is 0 Å². The molecule has 0 aliphatic carbocycles. The minimum atomic E-state index is 0.0566. The first kappa shape index (κ1) is 9.81. The standard InChI is InChI=1S/C11H14ClNO/c1-7-4-8(12)5-9(10(7)14-3)11(2)6-13-11/h4-5,13H,6H2,1-3H3. The fraction of sp³-hybridized carbons (Fsp3) is 0.455. The average Bonchev–Trinajstić information content (AvgIpc) is 2.84. The summed E-state index contributed by atoms with van der Waals surface area (Å²) in [6.45, 7) is 5.16. The number of methoxy groups -OCH3 is 1. The summed E-state index contributed by atoms with van der Waals surface area (Å²) in [6.07, 6.45) is 0. The van der Waals surface area contributed by atoms with Gasteiger partial charge >= 0.3 is 0 Å². The lowest BCUT2D eigenvalue weighted by molar-refractivity contribution is 0.402. The van der Waals surface area contributed by atoms with Crippen molar-refractivity contribution in [2.24, 2.45) is 0 Å². The first-order valence-corrected chi connectivity index (χ1v) is 5.04. The summed E-state index contributed by atoms with van der Waals surface area (Å²) in [5.74, 6) is 0.946. The van der Waals surface area contributed by atoms with Crippen LogP contribution in [0.3, 0.4) is 0 Å². The van der Waals surface area contributed by atoms with Crippen molar-refractivity contribution in [1.29, 1.82) is 0 Å². The molecule has 0 radical (unpaired) electrons. The van der Waals surface area contributed by atoms with Gasteiger partial charge in [-0.3, -0.25) is 0 Å². The summed E-state index contributed by atoms with van der Waals surface area (Å²) in [6, 6.07) is 3.91. The summed E-state index contributed by atoms with van der Waals surface area (Å²) in [7, 11) is 1.70. The van der Waals surface area contributed by atoms with Crippen LogP contribution in [0.1, 0.15) is 18.1 Å². The van der Waals surface area contributed by atoms with Gasteiger partial charge in [0.1, 0.15) is 5.75 Å². The molecular formula is C11H14ClNO. The molecule has 2 nitrogen and oxygen atoms in total. The zero-order valence-corrected chi connectivity index (χ0v) is 9.40. The van der Waals surface area contributed by atoms with E-state index < -0.39 is 0 Å². The number of rotatable bonds is 2. The maximum Gasteiger partial charge on any atom is 0.126 e. The molecule has 2 rings (SSSR count). The fourth-order valence-corrected chi connectivity index (χ4v) is 2.01. The van der Waals surface area contributed by atoms with E-state index in [9.17, 15) is 0 Å². The van der Waals surface area contributed by atoms with Gasteiger partial charge in [0.25, 0.3) is 0 Å². The van der Waals surface area contributed by atoms with Crippen LogP contribution in [0.15, 0.2) is 12.1 Å². The largest absolute Gasteiger partial charge is 0.496 e. The smallest absolute Gasteiger partial charge is 0.126 e. The minimum Gasteiger partial charge on any atom is -0.496 e. The van der Waals surface area contributed by atoms with E-state index in [1.807, 2.05) is 19.1 Å². The van der Waals surface area contributed by atoms with Crippen molar-refractivity contribution >= 4 is 11.6 Å². The van der Waals surface area contributed by atoms with Gasteiger partial charge in [0.2, 0.25) is 0 Å². The third-order valence-corrected chi connectivity index (χ3v) is 2.96. The summed E-state index contributed by atoms with van der Waals surface area (Å²) in [5.41, 5.74) is 2.30. The van der Waals surface area contributed by atoms with Crippen LogP contribution in [-0.2, 0) is 5.54 Å². The van der Waals surface area contributed by atoms with Gasteiger partial charge < -0.3 is 10.1 Å². The summed E-state index contributed by atoms with van der Waals surface area (Å²) < 4.78 is 5.40. The van der Waals surface area contributed by atoms with Crippen LogP contribution in [0, 0.1) is 6.92 Å². The van der Waals surface area contributed by atoms with Crippen LogP contribution < -0.4 is 10.1 Å². The first-order valence-electron chi connectivity index (χ1n) is 4.66. The summed E-state index contributed by atoms with van der Waals surface area (Å²) >= 11 is 6.03. The normalized spacial score (nSPS) is 24.9. The van der Waals surface area contributed by atoms with E-state index in [0.29, 0.717) is 0 Å². The van der Waals surface area contributed by atoms with Crippen LogP contribution in [-0.4, -0.2) is 13.7 Å². The highest BCUT2D eigenvalue weighted by atomic mass is 35.5. The Kier molecular flexibility index (Phi) is 2.20. The maximum absolute atomic E-state index is 6.03. The van der Waals surface area contributed by atoms with E-state index in [0.717, 1.165) is 28.4 Å². The topological polar surface area (TPSA) is 31.2 Å². The highest BCUT2D eigenvalue weighted by Crippen LogP contribution is 2.39.